The molecule has 1 aromatic carbocycles. The molecule has 0 spiro atoms. The molecule has 3 nitrogen and oxygen atoms in total. The Balaban J connectivity index is 2.03. The van der Waals surface area contributed by atoms with Crippen LogP contribution in [0.1, 0.15) is 43.0 Å². The molecule has 1 aliphatic carbocycles. The van der Waals surface area contributed by atoms with Crippen molar-refractivity contribution >= 4 is 16.6 Å². The van der Waals surface area contributed by atoms with Gasteiger partial charge in [0.1, 0.15) is 0 Å². The van der Waals surface area contributed by atoms with Crippen LogP contribution in [0.4, 0.5) is 0 Å². The van der Waals surface area contributed by atoms with Crippen LogP contribution in [0.2, 0.25) is 0 Å². The van der Waals surface area contributed by atoms with E-state index >= 15 is 0 Å². The number of Topliss-reactive ketones (excluding diaryl/α,β-unsaturated/α-hetero) is 1. The number of ketones is 1. The third kappa shape index (κ3) is 2.46. The van der Waals surface area contributed by atoms with Gasteiger partial charge in [-0.25, -0.2) is 0 Å². The van der Waals surface area contributed by atoms with Crippen LogP contribution in [0.25, 0.3) is 10.8 Å². The fraction of sp³-hybridized carbons (Fsp3) is 0.444. The third-order valence-corrected chi connectivity index (χ3v) is 5.03. The molecule has 21 heavy (non-hydrogen) atoms. The molecule has 1 heterocycles. The first-order chi connectivity index (χ1) is 10.2. The van der Waals surface area contributed by atoms with Gasteiger partial charge in [0, 0.05) is 35.3 Å². The summed E-state index contributed by atoms with van der Waals surface area (Å²) < 4.78 is 0. The number of nitrogens with zero attached hydrogens (tertiary/aromatic N) is 1. The minimum Gasteiger partial charge on any atom is -0.329 e. The number of rotatable bonds is 3. The van der Waals surface area contributed by atoms with E-state index in [0.717, 1.165) is 42.0 Å². The minimum absolute atomic E-state index is 0.204. The lowest BCUT2D eigenvalue weighted by atomic mass is 9.67. The largest absolute Gasteiger partial charge is 0.329 e. The Morgan fingerprint density at radius 2 is 2.10 bits per heavy atom. The third-order valence-electron chi connectivity index (χ3n) is 5.03. The summed E-state index contributed by atoms with van der Waals surface area (Å²) in [6, 6.07) is 7.84. The molecular formula is C18H22N2O. The first kappa shape index (κ1) is 14.2. The number of aromatic nitrogens is 1. The smallest absolute Gasteiger partial charge is 0.170 e. The summed E-state index contributed by atoms with van der Waals surface area (Å²) in [5, 5.41) is 2.00. The summed E-state index contributed by atoms with van der Waals surface area (Å²) in [6.45, 7) is 2.70. The van der Waals surface area contributed by atoms with Crippen LogP contribution in [0.15, 0.2) is 36.7 Å². The van der Waals surface area contributed by atoms with E-state index in [9.17, 15) is 4.79 Å². The number of fused-ring (bicyclic) bond motifs is 1. The molecule has 0 aliphatic heterocycles. The molecule has 0 unspecified atom stereocenters. The van der Waals surface area contributed by atoms with Gasteiger partial charge >= 0.3 is 0 Å². The lowest BCUT2D eigenvalue weighted by molar-refractivity contribution is 0.0697. The summed E-state index contributed by atoms with van der Waals surface area (Å²) in [6.07, 6.45) is 7.54. The molecule has 3 heteroatoms. The van der Waals surface area contributed by atoms with Crippen LogP contribution in [-0.4, -0.2) is 17.3 Å². The fourth-order valence-electron chi connectivity index (χ4n) is 3.44. The van der Waals surface area contributed by atoms with Gasteiger partial charge in [0.05, 0.1) is 0 Å². The molecule has 0 bridgehead atoms. The van der Waals surface area contributed by atoms with Gasteiger partial charge in [-0.3, -0.25) is 9.78 Å². The molecule has 2 N–H and O–H groups in total. The number of carbonyl (C=O) groups is 1. The summed E-state index contributed by atoms with van der Waals surface area (Å²) >= 11 is 0. The van der Waals surface area contributed by atoms with Gasteiger partial charge < -0.3 is 5.73 Å². The Labute approximate surface area is 125 Å². The van der Waals surface area contributed by atoms with Crippen molar-refractivity contribution in [2.24, 2.45) is 17.1 Å². The van der Waals surface area contributed by atoms with Crippen molar-refractivity contribution in [1.82, 2.24) is 4.98 Å². The highest BCUT2D eigenvalue weighted by atomic mass is 16.1. The average Bonchev–Trinajstić information content (AvgIpc) is 2.55. The van der Waals surface area contributed by atoms with Gasteiger partial charge in [0.15, 0.2) is 5.78 Å². The molecule has 0 atom stereocenters. The summed E-state index contributed by atoms with van der Waals surface area (Å²) in [5.74, 6) is 0.905. The molecule has 3 rings (SSSR count). The van der Waals surface area contributed by atoms with Crippen LogP contribution in [-0.2, 0) is 0 Å². The number of hydrogen-bond acceptors (Lipinski definition) is 3. The maximum absolute atomic E-state index is 13.2. The monoisotopic (exact) mass is 282 g/mol. The van der Waals surface area contributed by atoms with E-state index in [1.165, 1.54) is 0 Å². The Bertz CT molecular complexity index is 652. The topological polar surface area (TPSA) is 56.0 Å². The quantitative estimate of drug-likeness (QED) is 0.875. The van der Waals surface area contributed by atoms with Gasteiger partial charge in [0.25, 0.3) is 0 Å². The van der Waals surface area contributed by atoms with E-state index in [1.807, 2.05) is 24.3 Å². The predicted molar refractivity (Wildman–Crippen MR) is 85.2 cm³/mol. The Hall–Kier alpha value is -1.74. The first-order valence-corrected chi connectivity index (χ1v) is 7.74. The second-order valence-electron chi connectivity index (χ2n) is 6.40. The molecular weight excluding hydrogens is 260 g/mol. The van der Waals surface area contributed by atoms with Crippen molar-refractivity contribution < 1.29 is 4.79 Å². The average molecular weight is 282 g/mol. The maximum Gasteiger partial charge on any atom is 0.170 e. The number of carbonyl (C=O) groups excluding carboxylic acids is 1. The summed E-state index contributed by atoms with van der Waals surface area (Å²) in [4.78, 5) is 17.3. The molecule has 1 saturated carbocycles. The molecule has 0 saturated heterocycles. The summed E-state index contributed by atoms with van der Waals surface area (Å²) in [5.41, 5.74) is 6.43. The highest BCUT2D eigenvalue weighted by Gasteiger charge is 2.40. The van der Waals surface area contributed by atoms with Crippen LogP contribution in [0, 0.1) is 11.3 Å². The Kier molecular flexibility index (Phi) is 3.77. The minimum atomic E-state index is -0.378. The number of pyridine rings is 1. The molecule has 0 amide bonds. The fourth-order valence-corrected chi connectivity index (χ4v) is 3.44. The van der Waals surface area contributed by atoms with Gasteiger partial charge in [-0.15, -0.1) is 0 Å². The van der Waals surface area contributed by atoms with Crippen LogP contribution in [0.5, 0.6) is 0 Å². The normalized spacial score (nSPS) is 25.9. The predicted octanol–water partition coefficient (Wildman–Crippen LogP) is 3.57. The first-order valence-electron chi connectivity index (χ1n) is 7.74. The Morgan fingerprint density at radius 3 is 2.81 bits per heavy atom. The second-order valence-corrected chi connectivity index (χ2v) is 6.40. The van der Waals surface area contributed by atoms with E-state index in [1.54, 1.807) is 12.4 Å². The number of hydrogen-bond donors (Lipinski definition) is 1. The number of benzene rings is 1. The SMILES string of the molecule is CC1CCC(CN)(C(=O)c2cccc3ccncc23)CC1. The van der Waals surface area contributed by atoms with Crippen LogP contribution >= 0.6 is 0 Å². The van der Waals surface area contributed by atoms with Crippen molar-refractivity contribution in [2.45, 2.75) is 32.6 Å². The van der Waals surface area contributed by atoms with Gasteiger partial charge in [-0.2, -0.15) is 0 Å². The molecule has 1 fully saturated rings. The van der Waals surface area contributed by atoms with E-state index < -0.39 is 0 Å². The van der Waals surface area contributed by atoms with Crippen molar-refractivity contribution in [3.63, 3.8) is 0 Å². The number of nitrogens with two attached hydrogens (primary N) is 1. The molecule has 1 aliphatic rings. The van der Waals surface area contributed by atoms with Crippen LogP contribution < -0.4 is 5.73 Å². The second kappa shape index (κ2) is 5.57. The maximum atomic E-state index is 13.2. The lowest BCUT2D eigenvalue weighted by Gasteiger charge is -2.37. The highest BCUT2D eigenvalue weighted by molar-refractivity contribution is 6.10. The summed E-state index contributed by atoms with van der Waals surface area (Å²) in [7, 11) is 0. The van der Waals surface area contributed by atoms with Gasteiger partial charge in [0.2, 0.25) is 0 Å². The Morgan fingerprint density at radius 1 is 1.33 bits per heavy atom. The van der Waals surface area contributed by atoms with E-state index in [-0.39, 0.29) is 11.2 Å². The lowest BCUT2D eigenvalue weighted by Crippen LogP contribution is -2.41. The van der Waals surface area contributed by atoms with Crippen molar-refractivity contribution in [1.29, 1.82) is 0 Å². The van der Waals surface area contributed by atoms with Crippen LogP contribution in [0.3, 0.4) is 0 Å². The van der Waals surface area contributed by atoms with Gasteiger partial charge in [-0.1, -0.05) is 25.1 Å². The van der Waals surface area contributed by atoms with E-state index in [2.05, 4.69) is 11.9 Å². The zero-order valence-corrected chi connectivity index (χ0v) is 12.5. The zero-order valence-electron chi connectivity index (χ0n) is 12.5. The van der Waals surface area contributed by atoms with E-state index in [4.69, 9.17) is 5.73 Å². The van der Waals surface area contributed by atoms with Crippen molar-refractivity contribution in [2.75, 3.05) is 6.54 Å². The molecule has 1 aromatic heterocycles. The standard InChI is InChI=1S/C18H22N2O/c1-13-5-8-18(12-19,9-6-13)17(21)15-4-2-3-14-7-10-20-11-16(14)15/h2-4,7,10-11,13H,5-6,8-9,12,19H2,1H3. The van der Waals surface area contributed by atoms with E-state index in [0.29, 0.717) is 12.5 Å². The highest BCUT2D eigenvalue weighted by Crippen LogP contribution is 2.41. The zero-order chi connectivity index (χ0) is 14.9. The molecule has 2 aromatic rings. The van der Waals surface area contributed by atoms with Crippen molar-refractivity contribution in [3.05, 3.63) is 42.2 Å². The molecule has 0 radical (unpaired) electrons. The van der Waals surface area contributed by atoms with Crippen molar-refractivity contribution in [3.8, 4) is 0 Å². The van der Waals surface area contributed by atoms with Gasteiger partial charge in [-0.05, 0) is 43.1 Å². The molecule has 110 valence electrons.